The minimum absolute atomic E-state index is 0.0748. The number of aromatic nitrogens is 1. The molecule has 1 aromatic carbocycles. The van der Waals surface area contributed by atoms with E-state index in [9.17, 15) is 19.2 Å². The molecule has 0 fully saturated rings. The summed E-state index contributed by atoms with van der Waals surface area (Å²) in [4.78, 5) is 51.0. The van der Waals surface area contributed by atoms with Gasteiger partial charge in [0.15, 0.2) is 18.5 Å². The summed E-state index contributed by atoms with van der Waals surface area (Å²) in [7, 11) is 0. The maximum atomic E-state index is 12.7. The topological polar surface area (TPSA) is 112 Å². The molecule has 160 valence electrons. The monoisotopic (exact) mass is 415 g/mol. The van der Waals surface area contributed by atoms with Crippen LogP contribution in [-0.2, 0) is 14.3 Å². The van der Waals surface area contributed by atoms with Crippen molar-refractivity contribution >= 4 is 23.5 Å². The first-order valence-corrected chi connectivity index (χ1v) is 9.49. The van der Waals surface area contributed by atoms with E-state index in [-0.39, 0.29) is 18.1 Å². The van der Waals surface area contributed by atoms with Crippen molar-refractivity contribution in [2.24, 2.45) is 0 Å². The molecule has 0 spiro atoms. The molecule has 8 nitrogen and oxygen atoms in total. The second kappa shape index (κ2) is 9.87. The SMILES string of the molecule is CCOC(=O)c1c(C)[nH]c(C(=O)C(C)OC(=O)COc2ccc(C(C)=O)cc2)c1C. The average molecular weight is 415 g/mol. The highest BCUT2D eigenvalue weighted by Crippen LogP contribution is 2.21. The minimum atomic E-state index is -1.08. The predicted octanol–water partition coefficient (Wildman–Crippen LogP) is 3.20. The van der Waals surface area contributed by atoms with E-state index in [0.717, 1.165) is 0 Å². The lowest BCUT2D eigenvalue weighted by Gasteiger charge is -2.13. The molecular weight excluding hydrogens is 390 g/mol. The van der Waals surface area contributed by atoms with Gasteiger partial charge in [-0.05, 0) is 64.4 Å². The first kappa shape index (κ1) is 22.9. The Kier molecular flexibility index (Phi) is 7.52. The van der Waals surface area contributed by atoms with Crippen LogP contribution in [0.5, 0.6) is 5.75 Å². The molecule has 2 aromatic rings. The van der Waals surface area contributed by atoms with Gasteiger partial charge in [0.25, 0.3) is 0 Å². The van der Waals surface area contributed by atoms with Crippen LogP contribution in [0.15, 0.2) is 24.3 Å². The summed E-state index contributed by atoms with van der Waals surface area (Å²) in [5.41, 5.74) is 1.97. The maximum Gasteiger partial charge on any atom is 0.344 e. The second-order valence-electron chi connectivity index (χ2n) is 6.71. The van der Waals surface area contributed by atoms with E-state index >= 15 is 0 Å². The zero-order valence-corrected chi connectivity index (χ0v) is 17.7. The van der Waals surface area contributed by atoms with Crippen molar-refractivity contribution in [2.75, 3.05) is 13.2 Å². The first-order chi connectivity index (χ1) is 14.1. The Bertz CT molecular complexity index is 957. The Morgan fingerprint density at radius 2 is 1.70 bits per heavy atom. The van der Waals surface area contributed by atoms with Gasteiger partial charge in [0.1, 0.15) is 5.75 Å². The number of carbonyl (C=O) groups is 4. The Labute approximate surface area is 174 Å². The van der Waals surface area contributed by atoms with Gasteiger partial charge in [-0.15, -0.1) is 0 Å². The van der Waals surface area contributed by atoms with Crippen molar-refractivity contribution in [2.45, 2.75) is 40.7 Å². The summed E-state index contributed by atoms with van der Waals surface area (Å²) >= 11 is 0. The third kappa shape index (κ3) is 5.34. The summed E-state index contributed by atoms with van der Waals surface area (Å²) in [6.07, 6.45) is -1.08. The van der Waals surface area contributed by atoms with Gasteiger partial charge in [0, 0.05) is 11.3 Å². The van der Waals surface area contributed by atoms with E-state index in [0.29, 0.717) is 28.1 Å². The summed E-state index contributed by atoms with van der Waals surface area (Å²) in [6, 6.07) is 6.32. The van der Waals surface area contributed by atoms with Crippen LogP contribution in [0, 0.1) is 13.8 Å². The van der Waals surface area contributed by atoms with Crippen LogP contribution in [0.3, 0.4) is 0 Å². The molecule has 2 rings (SSSR count). The van der Waals surface area contributed by atoms with Gasteiger partial charge in [-0.1, -0.05) is 0 Å². The van der Waals surface area contributed by atoms with Crippen molar-refractivity contribution in [3.8, 4) is 5.75 Å². The van der Waals surface area contributed by atoms with E-state index in [4.69, 9.17) is 14.2 Å². The molecule has 1 heterocycles. The van der Waals surface area contributed by atoms with Crippen molar-refractivity contribution in [3.63, 3.8) is 0 Å². The van der Waals surface area contributed by atoms with Gasteiger partial charge in [-0.25, -0.2) is 9.59 Å². The average Bonchev–Trinajstić information content (AvgIpc) is 3.00. The number of carbonyl (C=O) groups excluding carboxylic acids is 4. The molecule has 0 saturated carbocycles. The van der Waals surface area contributed by atoms with E-state index < -0.39 is 30.4 Å². The van der Waals surface area contributed by atoms with E-state index in [1.807, 2.05) is 0 Å². The minimum Gasteiger partial charge on any atom is -0.482 e. The number of benzene rings is 1. The molecule has 0 aliphatic heterocycles. The van der Waals surface area contributed by atoms with Gasteiger partial charge in [-0.2, -0.15) is 0 Å². The molecule has 0 saturated heterocycles. The molecule has 8 heteroatoms. The van der Waals surface area contributed by atoms with E-state index in [1.54, 1.807) is 45.0 Å². The quantitative estimate of drug-likeness (QED) is 0.494. The van der Waals surface area contributed by atoms with Crippen LogP contribution in [0.4, 0.5) is 0 Å². The van der Waals surface area contributed by atoms with Crippen LogP contribution in [0.1, 0.15) is 63.2 Å². The fourth-order valence-electron chi connectivity index (χ4n) is 2.92. The molecule has 0 aliphatic carbocycles. The lowest BCUT2D eigenvalue weighted by atomic mass is 10.1. The Balaban J connectivity index is 1.98. The number of aryl methyl sites for hydroxylation is 1. The standard InChI is InChI=1S/C22H25NO7/c1-6-28-22(27)19-12(2)20(23-13(19)3)21(26)15(5)30-18(25)11-29-17-9-7-16(8-10-17)14(4)24/h7-10,15,23H,6,11H2,1-5H3. The lowest BCUT2D eigenvalue weighted by Crippen LogP contribution is -2.28. The number of hydrogen-bond donors (Lipinski definition) is 1. The zero-order valence-electron chi connectivity index (χ0n) is 17.7. The molecular formula is C22H25NO7. The largest absolute Gasteiger partial charge is 0.482 e. The van der Waals surface area contributed by atoms with Gasteiger partial charge in [-0.3, -0.25) is 9.59 Å². The Hall–Kier alpha value is -3.42. The first-order valence-electron chi connectivity index (χ1n) is 9.49. The summed E-state index contributed by atoms with van der Waals surface area (Å²) in [6.45, 7) is 7.72. The molecule has 0 amide bonds. The van der Waals surface area contributed by atoms with Crippen LogP contribution in [0.25, 0.3) is 0 Å². The Morgan fingerprint density at radius 3 is 2.27 bits per heavy atom. The molecule has 1 atom stereocenters. The zero-order chi connectivity index (χ0) is 22.4. The van der Waals surface area contributed by atoms with E-state index in [2.05, 4.69) is 4.98 Å². The number of H-pyrrole nitrogens is 1. The molecule has 1 unspecified atom stereocenters. The number of esters is 2. The molecule has 0 aliphatic rings. The molecule has 0 radical (unpaired) electrons. The third-order valence-electron chi connectivity index (χ3n) is 4.46. The second-order valence-corrected chi connectivity index (χ2v) is 6.71. The number of ether oxygens (including phenoxy) is 3. The highest BCUT2D eigenvalue weighted by molar-refractivity contribution is 6.04. The van der Waals surface area contributed by atoms with E-state index in [1.165, 1.54) is 13.8 Å². The number of ketones is 2. The van der Waals surface area contributed by atoms with Crippen molar-refractivity contribution < 1.29 is 33.4 Å². The highest BCUT2D eigenvalue weighted by Gasteiger charge is 2.27. The predicted molar refractivity (Wildman–Crippen MR) is 108 cm³/mol. The van der Waals surface area contributed by atoms with Crippen molar-refractivity contribution in [1.82, 2.24) is 4.98 Å². The van der Waals surface area contributed by atoms with Crippen LogP contribution in [0.2, 0.25) is 0 Å². The Morgan fingerprint density at radius 1 is 1.07 bits per heavy atom. The van der Waals surface area contributed by atoms with Gasteiger partial charge in [0.05, 0.1) is 17.9 Å². The van der Waals surface area contributed by atoms with Crippen LogP contribution < -0.4 is 4.74 Å². The molecule has 30 heavy (non-hydrogen) atoms. The number of aromatic amines is 1. The van der Waals surface area contributed by atoms with Crippen molar-refractivity contribution in [3.05, 3.63) is 52.3 Å². The molecule has 0 bridgehead atoms. The number of Topliss-reactive ketones (excluding diaryl/α,β-unsaturated/α-hetero) is 2. The summed E-state index contributed by atoms with van der Waals surface area (Å²) in [5.74, 6) is -1.39. The highest BCUT2D eigenvalue weighted by atomic mass is 16.6. The normalized spacial score (nSPS) is 11.5. The van der Waals surface area contributed by atoms with Crippen molar-refractivity contribution in [1.29, 1.82) is 0 Å². The lowest BCUT2D eigenvalue weighted by molar-refractivity contribution is -0.148. The van der Waals surface area contributed by atoms with Gasteiger partial charge in [0.2, 0.25) is 5.78 Å². The number of nitrogens with one attached hydrogen (secondary N) is 1. The maximum absolute atomic E-state index is 12.7. The fraction of sp³-hybridized carbons (Fsp3) is 0.364. The fourth-order valence-corrected chi connectivity index (χ4v) is 2.92. The van der Waals surface area contributed by atoms with Crippen LogP contribution in [-0.4, -0.2) is 47.8 Å². The smallest absolute Gasteiger partial charge is 0.344 e. The summed E-state index contributed by atoms with van der Waals surface area (Å²) in [5, 5.41) is 0. The number of rotatable bonds is 9. The van der Waals surface area contributed by atoms with Gasteiger partial charge < -0.3 is 19.2 Å². The number of hydrogen-bond acceptors (Lipinski definition) is 7. The van der Waals surface area contributed by atoms with Gasteiger partial charge >= 0.3 is 11.9 Å². The summed E-state index contributed by atoms with van der Waals surface area (Å²) < 4.78 is 15.5. The molecule has 1 N–H and O–H groups in total. The van der Waals surface area contributed by atoms with Crippen LogP contribution >= 0.6 is 0 Å². The third-order valence-corrected chi connectivity index (χ3v) is 4.46. The molecule has 1 aromatic heterocycles.